The molecule has 102 valence electrons. The van der Waals surface area contributed by atoms with Crippen molar-refractivity contribution in [3.05, 3.63) is 26.3 Å². The Hall–Kier alpha value is -0.470. The second kappa shape index (κ2) is 5.14. The van der Waals surface area contributed by atoms with Gasteiger partial charge in [0, 0.05) is 24.6 Å². The second-order valence-corrected chi connectivity index (χ2v) is 6.50. The topological polar surface area (TPSA) is 29.9 Å². The van der Waals surface area contributed by atoms with Gasteiger partial charge in [0.25, 0.3) is 0 Å². The van der Waals surface area contributed by atoms with Crippen LogP contribution in [0.25, 0.3) is 11.0 Å². The van der Waals surface area contributed by atoms with Crippen molar-refractivity contribution >= 4 is 45.8 Å². The molecule has 0 spiro atoms. The Labute approximate surface area is 129 Å². The summed E-state index contributed by atoms with van der Waals surface area (Å²) in [5.41, 5.74) is 1.73. The molecule has 0 aliphatic carbocycles. The number of halogens is 2. The zero-order valence-corrected chi connectivity index (χ0v) is 13.4. The summed E-state index contributed by atoms with van der Waals surface area (Å²) in [6.45, 7) is 3.68. The summed E-state index contributed by atoms with van der Waals surface area (Å²) < 4.78 is 22.5. The van der Waals surface area contributed by atoms with Crippen molar-refractivity contribution in [2.75, 3.05) is 13.2 Å². The smallest absolute Gasteiger partial charge is 0.178 e. The molecule has 1 saturated heterocycles. The number of aromatic amines is 1. The zero-order chi connectivity index (χ0) is 13.6. The van der Waals surface area contributed by atoms with Gasteiger partial charge < -0.3 is 14.3 Å². The van der Waals surface area contributed by atoms with Crippen LogP contribution in [0.3, 0.4) is 0 Å². The molecule has 6 heteroatoms. The lowest BCUT2D eigenvalue weighted by molar-refractivity contribution is 0.175. The molecule has 3 rings (SSSR count). The molecule has 3 nitrogen and oxygen atoms in total. The van der Waals surface area contributed by atoms with E-state index in [0.717, 1.165) is 30.7 Å². The number of nitrogens with zero attached hydrogens (tertiary/aromatic N) is 1. The number of nitrogens with one attached hydrogen (secondary N) is 1. The normalized spacial score (nSPS) is 21.1. The molecule has 2 heterocycles. The molecule has 0 saturated carbocycles. The molecule has 1 aliphatic heterocycles. The van der Waals surface area contributed by atoms with Gasteiger partial charge in [0.15, 0.2) is 4.77 Å². The van der Waals surface area contributed by atoms with Crippen LogP contribution in [-0.4, -0.2) is 22.8 Å². The number of hydrogen-bond donors (Lipinski definition) is 1. The highest BCUT2D eigenvalue weighted by Gasteiger charge is 2.25. The third-order valence-electron chi connectivity index (χ3n) is 3.81. The largest absolute Gasteiger partial charge is 0.381 e. The number of H-pyrrole nitrogens is 1. The van der Waals surface area contributed by atoms with Crippen LogP contribution in [0.5, 0.6) is 0 Å². The third kappa shape index (κ3) is 2.34. The highest BCUT2D eigenvalue weighted by atomic mass is 127. The monoisotopic (exact) mass is 392 g/mol. The number of fused-ring (bicyclic) bond motifs is 1. The van der Waals surface area contributed by atoms with E-state index in [1.165, 1.54) is 0 Å². The summed E-state index contributed by atoms with van der Waals surface area (Å²) in [4.78, 5) is 3.16. The van der Waals surface area contributed by atoms with E-state index in [0.29, 0.717) is 14.3 Å². The fourth-order valence-corrected chi connectivity index (χ4v) is 3.51. The van der Waals surface area contributed by atoms with E-state index in [9.17, 15) is 4.39 Å². The molecule has 2 unspecified atom stereocenters. The van der Waals surface area contributed by atoms with Gasteiger partial charge in [-0.3, -0.25) is 0 Å². The molecule has 1 fully saturated rings. The van der Waals surface area contributed by atoms with Gasteiger partial charge in [-0.25, -0.2) is 4.39 Å². The van der Waals surface area contributed by atoms with Crippen molar-refractivity contribution in [1.29, 1.82) is 0 Å². The average Bonchev–Trinajstić information content (AvgIpc) is 2.97. The standard InChI is InChI=1S/C13H14FIN2OS/c1-7(8-2-3-18-6-8)17-12-4-9(14)10(15)5-11(12)16-13(17)19/h4-5,7-8H,2-3,6H2,1H3,(H,16,19). The van der Waals surface area contributed by atoms with Crippen LogP contribution in [0.15, 0.2) is 12.1 Å². The Morgan fingerprint density at radius 1 is 1.58 bits per heavy atom. The minimum atomic E-state index is -0.203. The Morgan fingerprint density at radius 3 is 3.05 bits per heavy atom. The van der Waals surface area contributed by atoms with Crippen molar-refractivity contribution in [2.45, 2.75) is 19.4 Å². The summed E-state index contributed by atoms with van der Waals surface area (Å²) >= 11 is 7.38. The first-order valence-corrected chi connectivity index (χ1v) is 7.73. The second-order valence-electron chi connectivity index (χ2n) is 4.95. The van der Waals surface area contributed by atoms with Crippen LogP contribution in [-0.2, 0) is 4.74 Å². The molecule has 2 aromatic rings. The van der Waals surface area contributed by atoms with Crippen molar-refractivity contribution in [3.8, 4) is 0 Å². The summed E-state index contributed by atoms with van der Waals surface area (Å²) in [5.74, 6) is 0.235. The summed E-state index contributed by atoms with van der Waals surface area (Å²) in [7, 11) is 0. The van der Waals surface area contributed by atoms with E-state index in [2.05, 4.69) is 11.9 Å². The molecule has 0 amide bonds. The SMILES string of the molecule is CC(C1CCOC1)n1c(=S)[nH]c2cc(I)c(F)cc21. The van der Waals surface area contributed by atoms with Gasteiger partial charge in [0.1, 0.15) is 5.82 Å². The lowest BCUT2D eigenvalue weighted by Crippen LogP contribution is -2.17. The van der Waals surface area contributed by atoms with E-state index in [1.807, 2.05) is 27.2 Å². The highest BCUT2D eigenvalue weighted by Crippen LogP contribution is 2.30. The number of hydrogen-bond acceptors (Lipinski definition) is 2. The molecule has 1 aromatic heterocycles. The van der Waals surface area contributed by atoms with Crippen molar-refractivity contribution in [2.24, 2.45) is 5.92 Å². The fraction of sp³-hybridized carbons (Fsp3) is 0.462. The first kappa shape index (κ1) is 13.5. The van der Waals surface area contributed by atoms with E-state index in [1.54, 1.807) is 12.1 Å². The van der Waals surface area contributed by atoms with Gasteiger partial charge in [0.05, 0.1) is 21.2 Å². The van der Waals surface area contributed by atoms with Crippen LogP contribution in [0.4, 0.5) is 4.39 Å². The van der Waals surface area contributed by atoms with E-state index in [4.69, 9.17) is 17.0 Å². The number of ether oxygens (including phenoxy) is 1. The molecule has 19 heavy (non-hydrogen) atoms. The molecule has 2 atom stereocenters. The molecule has 0 bridgehead atoms. The van der Waals surface area contributed by atoms with E-state index in [-0.39, 0.29) is 11.9 Å². The molecular formula is C13H14FIN2OS. The zero-order valence-electron chi connectivity index (χ0n) is 10.5. The lowest BCUT2D eigenvalue weighted by Gasteiger charge is -2.20. The van der Waals surface area contributed by atoms with Gasteiger partial charge in [0.2, 0.25) is 0 Å². The van der Waals surface area contributed by atoms with Gasteiger partial charge in [-0.05, 0) is 54.2 Å². The van der Waals surface area contributed by atoms with Crippen LogP contribution >= 0.6 is 34.8 Å². The van der Waals surface area contributed by atoms with E-state index >= 15 is 0 Å². The van der Waals surface area contributed by atoms with Crippen molar-refractivity contribution in [3.63, 3.8) is 0 Å². The van der Waals surface area contributed by atoms with Gasteiger partial charge in [-0.2, -0.15) is 0 Å². The predicted octanol–water partition coefficient (Wildman–Crippen LogP) is 4.04. The van der Waals surface area contributed by atoms with Crippen LogP contribution < -0.4 is 0 Å². The fourth-order valence-electron chi connectivity index (χ4n) is 2.67. The predicted molar refractivity (Wildman–Crippen MR) is 83.4 cm³/mol. The quantitative estimate of drug-likeness (QED) is 0.618. The summed E-state index contributed by atoms with van der Waals surface area (Å²) in [6.07, 6.45) is 1.03. The highest BCUT2D eigenvalue weighted by molar-refractivity contribution is 14.1. The van der Waals surface area contributed by atoms with Gasteiger partial charge in [-0.15, -0.1) is 0 Å². The lowest BCUT2D eigenvalue weighted by atomic mass is 10.0. The summed E-state index contributed by atoms with van der Waals surface area (Å²) in [6, 6.07) is 3.58. The molecular weight excluding hydrogens is 378 g/mol. The first-order chi connectivity index (χ1) is 9.08. The minimum Gasteiger partial charge on any atom is -0.381 e. The van der Waals surface area contributed by atoms with Crippen molar-refractivity contribution < 1.29 is 9.13 Å². The maximum atomic E-state index is 13.8. The van der Waals surface area contributed by atoms with Crippen LogP contribution in [0.1, 0.15) is 19.4 Å². The maximum Gasteiger partial charge on any atom is 0.178 e. The molecule has 1 aliphatic rings. The van der Waals surface area contributed by atoms with Gasteiger partial charge >= 0.3 is 0 Å². The summed E-state index contributed by atoms with van der Waals surface area (Å²) in [5, 5.41) is 0. The number of imidazole rings is 1. The third-order valence-corrected chi connectivity index (χ3v) is 4.94. The van der Waals surface area contributed by atoms with Crippen molar-refractivity contribution in [1.82, 2.24) is 9.55 Å². The number of rotatable bonds is 2. The Morgan fingerprint density at radius 2 is 2.37 bits per heavy atom. The molecule has 1 N–H and O–H groups in total. The number of aromatic nitrogens is 2. The first-order valence-electron chi connectivity index (χ1n) is 6.25. The van der Waals surface area contributed by atoms with Crippen LogP contribution in [0, 0.1) is 20.1 Å². The average molecular weight is 392 g/mol. The van der Waals surface area contributed by atoms with E-state index < -0.39 is 0 Å². The molecule has 0 radical (unpaired) electrons. The maximum absolute atomic E-state index is 13.8. The Balaban J connectivity index is 2.14. The number of benzene rings is 1. The Bertz CT molecular complexity index is 675. The van der Waals surface area contributed by atoms with Crippen LogP contribution in [0.2, 0.25) is 0 Å². The minimum absolute atomic E-state index is 0.203. The Kier molecular flexibility index (Phi) is 3.65. The molecule has 1 aromatic carbocycles. The van der Waals surface area contributed by atoms with Gasteiger partial charge in [-0.1, -0.05) is 0 Å².